The van der Waals surface area contributed by atoms with Crippen LogP contribution in [-0.2, 0) is 19.6 Å². The molecule has 0 aromatic heterocycles. The molecular weight excluding hydrogens is 236 g/mol. The molecule has 0 saturated carbocycles. The first-order valence-electron chi connectivity index (χ1n) is 4.72. The summed E-state index contributed by atoms with van der Waals surface area (Å²) in [7, 11) is -3.39. The van der Waals surface area contributed by atoms with Crippen molar-refractivity contribution in [1.82, 2.24) is 4.31 Å². The van der Waals surface area contributed by atoms with Gasteiger partial charge in [0.25, 0.3) is 0 Å². The Bertz CT molecular complexity index is 403. The first-order chi connectivity index (χ1) is 7.40. The second kappa shape index (κ2) is 4.79. The molecule has 0 spiro atoms. The van der Waals surface area contributed by atoms with Gasteiger partial charge in [0.1, 0.15) is 5.92 Å². The highest BCUT2D eigenvalue weighted by Crippen LogP contribution is 2.18. The standard InChI is InChI=1S/C8H14N2O5S/c1-3-15-8(11)6-4-10(16(2,13)14)5-7(6)9-12/h6,12H,3-5H2,1-2H3/b9-7-/t6-/m0/s1. The third-order valence-electron chi connectivity index (χ3n) is 2.30. The zero-order valence-electron chi connectivity index (χ0n) is 9.08. The fourth-order valence-electron chi connectivity index (χ4n) is 1.47. The second-order valence-corrected chi connectivity index (χ2v) is 5.43. The third kappa shape index (κ3) is 2.70. The second-order valence-electron chi connectivity index (χ2n) is 3.45. The summed E-state index contributed by atoms with van der Waals surface area (Å²) in [4.78, 5) is 11.5. The fourth-order valence-corrected chi connectivity index (χ4v) is 2.26. The van der Waals surface area contributed by atoms with Crippen LogP contribution < -0.4 is 0 Å². The number of carbonyl (C=O) groups excluding carboxylic acids is 1. The molecule has 0 aliphatic carbocycles. The Labute approximate surface area is 93.7 Å². The molecule has 1 aliphatic rings. The van der Waals surface area contributed by atoms with Gasteiger partial charge >= 0.3 is 5.97 Å². The van der Waals surface area contributed by atoms with Gasteiger partial charge in [-0.1, -0.05) is 5.16 Å². The van der Waals surface area contributed by atoms with Crippen LogP contribution in [0.2, 0.25) is 0 Å². The highest BCUT2D eigenvalue weighted by Gasteiger charge is 2.39. The summed E-state index contributed by atoms with van der Waals surface area (Å²) in [5.74, 6) is -1.37. The summed E-state index contributed by atoms with van der Waals surface area (Å²) in [5, 5.41) is 11.6. The average molecular weight is 250 g/mol. The fraction of sp³-hybridized carbons (Fsp3) is 0.750. The van der Waals surface area contributed by atoms with Gasteiger partial charge in [-0.2, -0.15) is 4.31 Å². The van der Waals surface area contributed by atoms with Crippen LogP contribution in [0.1, 0.15) is 6.92 Å². The maximum absolute atomic E-state index is 11.5. The molecule has 7 nitrogen and oxygen atoms in total. The molecular formula is C8H14N2O5S. The highest BCUT2D eigenvalue weighted by atomic mass is 32.2. The van der Waals surface area contributed by atoms with Crippen LogP contribution in [-0.4, -0.2) is 55.6 Å². The van der Waals surface area contributed by atoms with E-state index >= 15 is 0 Å². The number of sulfonamides is 1. The summed E-state index contributed by atoms with van der Waals surface area (Å²) in [6.45, 7) is 1.75. The SMILES string of the molecule is CCOC(=O)[C@H]1CN(S(C)(=O)=O)C/C1=N/O. The van der Waals surface area contributed by atoms with Crippen molar-refractivity contribution in [3.63, 3.8) is 0 Å². The molecule has 1 aliphatic heterocycles. The monoisotopic (exact) mass is 250 g/mol. The Morgan fingerprint density at radius 1 is 1.69 bits per heavy atom. The largest absolute Gasteiger partial charge is 0.465 e. The van der Waals surface area contributed by atoms with Gasteiger partial charge in [0.05, 0.1) is 25.1 Å². The number of oxime groups is 1. The Morgan fingerprint density at radius 2 is 2.31 bits per heavy atom. The molecule has 0 aromatic rings. The molecule has 0 radical (unpaired) electrons. The number of hydrogen-bond donors (Lipinski definition) is 1. The van der Waals surface area contributed by atoms with Crippen molar-refractivity contribution >= 4 is 21.7 Å². The van der Waals surface area contributed by atoms with Crippen molar-refractivity contribution in [3.05, 3.63) is 0 Å². The zero-order valence-corrected chi connectivity index (χ0v) is 9.90. The third-order valence-corrected chi connectivity index (χ3v) is 3.51. The normalized spacial score (nSPS) is 24.9. The molecule has 0 aromatic carbocycles. The van der Waals surface area contributed by atoms with Crippen LogP contribution in [0.15, 0.2) is 5.16 Å². The number of carbonyl (C=O) groups is 1. The molecule has 0 unspecified atom stereocenters. The zero-order chi connectivity index (χ0) is 12.3. The van der Waals surface area contributed by atoms with Crippen LogP contribution >= 0.6 is 0 Å². The molecule has 1 rings (SSSR count). The van der Waals surface area contributed by atoms with E-state index in [1.165, 1.54) is 0 Å². The number of ether oxygens (including phenoxy) is 1. The Balaban J connectivity index is 2.85. The van der Waals surface area contributed by atoms with E-state index in [4.69, 9.17) is 9.94 Å². The van der Waals surface area contributed by atoms with E-state index in [-0.39, 0.29) is 25.4 Å². The smallest absolute Gasteiger partial charge is 0.316 e. The molecule has 0 amide bonds. The number of nitrogens with zero attached hydrogens (tertiary/aromatic N) is 2. The van der Waals surface area contributed by atoms with E-state index in [0.29, 0.717) is 0 Å². The van der Waals surface area contributed by atoms with Crippen LogP contribution in [0.5, 0.6) is 0 Å². The highest BCUT2D eigenvalue weighted by molar-refractivity contribution is 7.88. The van der Waals surface area contributed by atoms with E-state index in [1.54, 1.807) is 6.92 Å². The predicted molar refractivity (Wildman–Crippen MR) is 55.8 cm³/mol. The first-order valence-corrected chi connectivity index (χ1v) is 6.57. The molecule has 1 N–H and O–H groups in total. The van der Waals surface area contributed by atoms with Crippen LogP contribution in [0.25, 0.3) is 0 Å². The molecule has 16 heavy (non-hydrogen) atoms. The van der Waals surface area contributed by atoms with E-state index in [1.807, 2.05) is 0 Å². The molecule has 1 saturated heterocycles. The Kier molecular flexibility index (Phi) is 3.87. The van der Waals surface area contributed by atoms with Crippen LogP contribution in [0, 0.1) is 5.92 Å². The van der Waals surface area contributed by atoms with Gasteiger partial charge in [-0.05, 0) is 6.92 Å². The summed E-state index contributed by atoms with van der Waals surface area (Å²) in [5.41, 5.74) is 0.115. The summed E-state index contributed by atoms with van der Waals surface area (Å²) < 4.78 is 28.4. The van der Waals surface area contributed by atoms with E-state index in [9.17, 15) is 13.2 Å². The van der Waals surface area contributed by atoms with Crippen molar-refractivity contribution < 1.29 is 23.2 Å². The minimum absolute atomic E-state index is 0.0307. The van der Waals surface area contributed by atoms with Gasteiger partial charge < -0.3 is 9.94 Å². The van der Waals surface area contributed by atoms with E-state index in [2.05, 4.69) is 5.16 Å². The minimum atomic E-state index is -3.39. The lowest BCUT2D eigenvalue weighted by atomic mass is 10.1. The number of rotatable bonds is 3. The van der Waals surface area contributed by atoms with E-state index in [0.717, 1.165) is 10.6 Å². The molecule has 92 valence electrons. The van der Waals surface area contributed by atoms with Crippen LogP contribution in [0.4, 0.5) is 0 Å². The van der Waals surface area contributed by atoms with Crippen molar-refractivity contribution in [2.75, 3.05) is 26.0 Å². The molecule has 1 atom stereocenters. The van der Waals surface area contributed by atoms with Gasteiger partial charge in [0.15, 0.2) is 0 Å². The summed E-state index contributed by atoms with van der Waals surface area (Å²) in [6, 6.07) is 0. The quantitative estimate of drug-likeness (QED) is 0.405. The van der Waals surface area contributed by atoms with Gasteiger partial charge in [-0.15, -0.1) is 0 Å². The number of hydrogen-bond acceptors (Lipinski definition) is 6. The Hall–Kier alpha value is -1.15. The van der Waals surface area contributed by atoms with Gasteiger partial charge in [-0.3, -0.25) is 4.79 Å². The topological polar surface area (TPSA) is 96.3 Å². The first kappa shape index (κ1) is 12.9. The van der Waals surface area contributed by atoms with Gasteiger partial charge in [0.2, 0.25) is 10.0 Å². The van der Waals surface area contributed by atoms with Crippen molar-refractivity contribution in [3.8, 4) is 0 Å². The maximum atomic E-state index is 11.5. The lowest BCUT2D eigenvalue weighted by Gasteiger charge is -2.11. The predicted octanol–water partition coefficient (Wildman–Crippen LogP) is -0.729. The van der Waals surface area contributed by atoms with Crippen molar-refractivity contribution in [2.45, 2.75) is 6.92 Å². The van der Waals surface area contributed by atoms with E-state index < -0.39 is 21.9 Å². The molecule has 1 fully saturated rings. The van der Waals surface area contributed by atoms with Gasteiger partial charge in [0, 0.05) is 6.54 Å². The maximum Gasteiger partial charge on any atom is 0.316 e. The Morgan fingerprint density at radius 3 is 2.75 bits per heavy atom. The molecule has 8 heteroatoms. The lowest BCUT2D eigenvalue weighted by Crippen LogP contribution is -2.29. The summed E-state index contributed by atoms with van der Waals surface area (Å²) >= 11 is 0. The lowest BCUT2D eigenvalue weighted by molar-refractivity contribution is -0.145. The molecule has 0 bridgehead atoms. The minimum Gasteiger partial charge on any atom is -0.465 e. The average Bonchev–Trinajstić information content (AvgIpc) is 2.61. The van der Waals surface area contributed by atoms with Crippen molar-refractivity contribution in [2.24, 2.45) is 11.1 Å². The van der Waals surface area contributed by atoms with Crippen molar-refractivity contribution in [1.29, 1.82) is 0 Å². The van der Waals surface area contributed by atoms with Crippen LogP contribution in [0.3, 0.4) is 0 Å². The number of esters is 1. The van der Waals surface area contributed by atoms with Gasteiger partial charge in [-0.25, -0.2) is 8.42 Å². The molecule has 1 heterocycles. The summed E-state index contributed by atoms with van der Waals surface area (Å²) in [6.07, 6.45) is 1.04.